The predicted molar refractivity (Wildman–Crippen MR) is 125 cm³/mol. The molecule has 0 aliphatic carbocycles. The van der Waals surface area contributed by atoms with Gasteiger partial charge in [-0.1, -0.05) is 11.6 Å². The minimum Gasteiger partial charge on any atom is -0.373 e. The Labute approximate surface area is 210 Å². The van der Waals surface area contributed by atoms with Gasteiger partial charge >= 0.3 is 0 Å². The van der Waals surface area contributed by atoms with E-state index < -0.39 is 29.6 Å². The van der Waals surface area contributed by atoms with Crippen molar-refractivity contribution in [2.75, 3.05) is 10.6 Å². The van der Waals surface area contributed by atoms with Gasteiger partial charge in [-0.15, -0.1) is 0 Å². The first kappa shape index (κ1) is 23.9. The summed E-state index contributed by atoms with van der Waals surface area (Å²) in [5.41, 5.74) is 1.61. The fraction of sp³-hybridized carbons (Fsp3) is 0.0435. The number of H-pyrrole nitrogens is 1. The summed E-state index contributed by atoms with van der Waals surface area (Å²) in [6.45, 7) is 0. The number of fused-ring (bicyclic) bond motifs is 1. The number of aromatic nitrogens is 6. The van der Waals surface area contributed by atoms with Crippen molar-refractivity contribution in [3.05, 3.63) is 94.4 Å². The van der Waals surface area contributed by atoms with E-state index in [1.54, 1.807) is 6.07 Å². The molecule has 0 radical (unpaired) electrons. The maximum atomic E-state index is 14.0. The van der Waals surface area contributed by atoms with Gasteiger partial charge in [0.1, 0.15) is 11.8 Å². The fourth-order valence-corrected chi connectivity index (χ4v) is 3.90. The SMILES string of the molecule is N#Cc1cnc2c(Cl)cc(N[C@@H](c3cnc(F)c(F)c3)c3cn[nH]n3)cc2c1Nc1cnc(F)c(F)c1. The van der Waals surface area contributed by atoms with Crippen molar-refractivity contribution in [3.63, 3.8) is 0 Å². The van der Waals surface area contributed by atoms with Gasteiger partial charge in [0, 0.05) is 35.1 Å². The van der Waals surface area contributed by atoms with Crippen LogP contribution in [0.3, 0.4) is 0 Å². The highest BCUT2D eigenvalue weighted by molar-refractivity contribution is 6.36. The summed E-state index contributed by atoms with van der Waals surface area (Å²) in [7, 11) is 0. The number of nitriles is 1. The molecule has 0 saturated heterocycles. The minimum atomic E-state index is -1.27. The van der Waals surface area contributed by atoms with Crippen LogP contribution in [-0.2, 0) is 0 Å². The third-order valence-corrected chi connectivity index (χ3v) is 5.59. The second-order valence-electron chi connectivity index (χ2n) is 7.65. The number of nitrogens with one attached hydrogen (secondary N) is 3. The van der Waals surface area contributed by atoms with Crippen molar-refractivity contribution < 1.29 is 17.6 Å². The molecular weight excluding hydrogens is 514 g/mol. The summed E-state index contributed by atoms with van der Waals surface area (Å²) in [5.74, 6) is -4.86. The molecule has 1 atom stereocenters. The lowest BCUT2D eigenvalue weighted by Crippen LogP contribution is -2.14. The molecule has 37 heavy (non-hydrogen) atoms. The highest BCUT2D eigenvalue weighted by Gasteiger charge is 2.21. The molecule has 0 unspecified atom stereocenters. The van der Waals surface area contributed by atoms with Crippen molar-refractivity contribution in [1.29, 1.82) is 5.26 Å². The average Bonchev–Trinajstić information content (AvgIpc) is 3.42. The van der Waals surface area contributed by atoms with E-state index in [4.69, 9.17) is 11.6 Å². The van der Waals surface area contributed by atoms with E-state index in [0.29, 0.717) is 22.3 Å². The average molecular weight is 526 g/mol. The molecule has 0 aliphatic heterocycles. The Morgan fingerprint density at radius 1 is 0.892 bits per heavy atom. The number of hydrogen-bond acceptors (Lipinski definition) is 8. The van der Waals surface area contributed by atoms with Crippen LogP contribution >= 0.6 is 11.6 Å². The second kappa shape index (κ2) is 9.67. The Kier molecular flexibility index (Phi) is 6.24. The van der Waals surface area contributed by atoms with Crippen LogP contribution in [0.1, 0.15) is 22.9 Å². The predicted octanol–water partition coefficient (Wildman–Crippen LogP) is 5.17. The molecule has 0 aliphatic rings. The van der Waals surface area contributed by atoms with Gasteiger partial charge in [0.2, 0.25) is 11.9 Å². The van der Waals surface area contributed by atoms with Crippen molar-refractivity contribution in [1.82, 2.24) is 30.4 Å². The van der Waals surface area contributed by atoms with Crippen LogP contribution in [-0.4, -0.2) is 30.4 Å². The van der Waals surface area contributed by atoms with Crippen molar-refractivity contribution >= 4 is 39.6 Å². The largest absolute Gasteiger partial charge is 0.373 e. The molecule has 3 N–H and O–H groups in total. The quantitative estimate of drug-likeness (QED) is 0.205. The zero-order valence-corrected chi connectivity index (χ0v) is 19.0. The molecule has 0 bridgehead atoms. The van der Waals surface area contributed by atoms with Crippen molar-refractivity contribution in [3.8, 4) is 6.07 Å². The molecule has 9 nitrogen and oxygen atoms in total. The Bertz CT molecular complexity index is 1670. The van der Waals surface area contributed by atoms with Gasteiger partial charge in [0.25, 0.3) is 0 Å². The summed E-state index contributed by atoms with van der Waals surface area (Å²) < 4.78 is 54.5. The first-order valence-electron chi connectivity index (χ1n) is 10.4. The lowest BCUT2D eigenvalue weighted by Gasteiger charge is -2.20. The third kappa shape index (κ3) is 4.69. The van der Waals surface area contributed by atoms with Crippen LogP contribution in [0.4, 0.5) is 34.6 Å². The first-order chi connectivity index (χ1) is 17.8. The number of benzene rings is 1. The number of hydrogen-bond donors (Lipinski definition) is 3. The summed E-state index contributed by atoms with van der Waals surface area (Å²) in [6, 6.07) is 6.13. The molecule has 0 amide bonds. The summed E-state index contributed by atoms with van der Waals surface area (Å²) in [6.07, 6.45) is 4.88. The van der Waals surface area contributed by atoms with Crippen molar-refractivity contribution in [2.45, 2.75) is 6.04 Å². The topological polar surface area (TPSA) is 128 Å². The van der Waals surface area contributed by atoms with Gasteiger partial charge in [0.05, 0.1) is 45.9 Å². The standard InChI is InChI=1S/C23H12ClF4N9/c24-15-3-12(34-20(18-9-33-37-36-18)10-1-16(25)22(27)31-6-10)2-14-19(11(5-29)7-30-21(14)15)35-13-4-17(26)23(28)32-8-13/h1-4,6-9,20,34H,(H,30,35)(H,33,36,37)/t20-/m0/s1. The van der Waals surface area contributed by atoms with Crippen LogP contribution in [0.5, 0.6) is 0 Å². The fourth-order valence-electron chi connectivity index (χ4n) is 3.63. The van der Waals surface area contributed by atoms with Gasteiger partial charge in [-0.05, 0) is 18.2 Å². The number of pyridine rings is 3. The number of aromatic amines is 1. The van der Waals surface area contributed by atoms with E-state index in [9.17, 15) is 22.8 Å². The number of anilines is 3. The van der Waals surface area contributed by atoms with E-state index in [1.165, 1.54) is 18.5 Å². The molecular formula is C23H12ClF4N9. The maximum absolute atomic E-state index is 14.0. The zero-order valence-electron chi connectivity index (χ0n) is 18.3. The Hall–Kier alpha value is -4.83. The van der Waals surface area contributed by atoms with Crippen LogP contribution in [0.25, 0.3) is 10.9 Å². The van der Waals surface area contributed by atoms with Gasteiger partial charge in [-0.2, -0.15) is 29.5 Å². The Balaban J connectivity index is 1.62. The zero-order chi connectivity index (χ0) is 26.1. The highest BCUT2D eigenvalue weighted by Crippen LogP contribution is 2.36. The van der Waals surface area contributed by atoms with Crippen LogP contribution < -0.4 is 10.6 Å². The molecule has 4 heterocycles. The summed E-state index contributed by atoms with van der Waals surface area (Å²) >= 11 is 6.49. The van der Waals surface area contributed by atoms with E-state index in [1.807, 2.05) is 6.07 Å². The smallest absolute Gasteiger partial charge is 0.249 e. The monoisotopic (exact) mass is 525 g/mol. The second-order valence-corrected chi connectivity index (χ2v) is 8.06. The van der Waals surface area contributed by atoms with E-state index in [-0.39, 0.29) is 27.5 Å². The van der Waals surface area contributed by atoms with E-state index in [2.05, 4.69) is 41.0 Å². The maximum Gasteiger partial charge on any atom is 0.249 e. The normalized spacial score (nSPS) is 11.8. The van der Waals surface area contributed by atoms with Crippen molar-refractivity contribution in [2.24, 2.45) is 0 Å². The lowest BCUT2D eigenvalue weighted by atomic mass is 10.0. The Morgan fingerprint density at radius 3 is 2.32 bits per heavy atom. The van der Waals surface area contributed by atoms with Gasteiger partial charge in [-0.3, -0.25) is 4.98 Å². The molecule has 4 aromatic heterocycles. The van der Waals surface area contributed by atoms with E-state index >= 15 is 0 Å². The molecule has 0 saturated carbocycles. The number of halogens is 5. The summed E-state index contributed by atoms with van der Waals surface area (Å²) in [4.78, 5) is 11.0. The Morgan fingerprint density at radius 2 is 1.65 bits per heavy atom. The minimum absolute atomic E-state index is 0.0747. The number of nitrogens with zero attached hydrogens (tertiary/aromatic N) is 6. The molecule has 14 heteroatoms. The van der Waals surface area contributed by atoms with Crippen LogP contribution in [0.15, 0.2) is 49.1 Å². The molecule has 0 fully saturated rings. The molecule has 0 spiro atoms. The third-order valence-electron chi connectivity index (χ3n) is 5.30. The molecule has 5 aromatic rings. The molecule has 184 valence electrons. The van der Waals surface area contributed by atoms with Gasteiger partial charge in [-0.25, -0.2) is 18.7 Å². The first-order valence-corrected chi connectivity index (χ1v) is 10.8. The van der Waals surface area contributed by atoms with E-state index in [0.717, 1.165) is 24.5 Å². The molecule has 5 rings (SSSR count). The summed E-state index contributed by atoms with van der Waals surface area (Å²) in [5, 5.41) is 26.4. The van der Waals surface area contributed by atoms with Crippen LogP contribution in [0.2, 0.25) is 5.02 Å². The van der Waals surface area contributed by atoms with Gasteiger partial charge < -0.3 is 10.6 Å². The van der Waals surface area contributed by atoms with Gasteiger partial charge in [0.15, 0.2) is 11.6 Å². The molecule has 1 aromatic carbocycles. The highest BCUT2D eigenvalue weighted by atomic mass is 35.5. The lowest BCUT2D eigenvalue weighted by molar-refractivity contribution is 0.476. The van der Waals surface area contributed by atoms with Crippen LogP contribution in [0, 0.1) is 34.9 Å². The number of rotatable bonds is 6.